The van der Waals surface area contributed by atoms with Gasteiger partial charge in [0, 0.05) is 12.6 Å². The fourth-order valence-corrected chi connectivity index (χ4v) is 1.80. The lowest BCUT2D eigenvalue weighted by molar-refractivity contribution is -0.384. The average molecular weight is 266 g/mol. The Bertz CT molecular complexity index is 448. The summed E-state index contributed by atoms with van der Waals surface area (Å²) in [4.78, 5) is 23.8. The fourth-order valence-electron chi connectivity index (χ4n) is 1.80. The van der Waals surface area contributed by atoms with Crippen molar-refractivity contribution in [2.45, 2.75) is 20.3 Å². The molecule has 0 amide bonds. The second-order valence-electron chi connectivity index (χ2n) is 3.97. The number of nitro groups is 1. The number of nitrogens with zero attached hydrogens (tertiary/aromatic N) is 2. The van der Waals surface area contributed by atoms with Gasteiger partial charge in [-0.2, -0.15) is 0 Å². The normalized spacial score (nSPS) is 10.0. The van der Waals surface area contributed by atoms with Crippen molar-refractivity contribution in [2.24, 2.45) is 0 Å². The maximum absolute atomic E-state index is 11.5. The molecule has 0 bridgehead atoms. The minimum Gasteiger partial charge on any atom is -0.465 e. The molecule has 0 saturated heterocycles. The van der Waals surface area contributed by atoms with Crippen molar-refractivity contribution in [3.8, 4) is 0 Å². The van der Waals surface area contributed by atoms with Crippen molar-refractivity contribution in [3.63, 3.8) is 0 Å². The summed E-state index contributed by atoms with van der Waals surface area (Å²) in [5, 5.41) is 11.0. The number of esters is 1. The molecule has 0 aliphatic heterocycles. The van der Waals surface area contributed by atoms with E-state index in [4.69, 9.17) is 4.74 Å². The van der Waals surface area contributed by atoms with Crippen LogP contribution >= 0.6 is 0 Å². The Kier molecular flexibility index (Phi) is 5.78. The minimum atomic E-state index is -0.441. The van der Waals surface area contributed by atoms with E-state index in [0.717, 1.165) is 6.42 Å². The number of carbonyl (C=O) groups is 1. The van der Waals surface area contributed by atoms with Crippen LogP contribution in [0.15, 0.2) is 24.3 Å². The summed E-state index contributed by atoms with van der Waals surface area (Å²) < 4.78 is 4.89. The van der Waals surface area contributed by atoms with Crippen molar-refractivity contribution in [1.82, 2.24) is 0 Å². The first kappa shape index (κ1) is 14.9. The summed E-state index contributed by atoms with van der Waals surface area (Å²) in [5.41, 5.74) is 0.447. The van der Waals surface area contributed by atoms with Crippen LogP contribution in [-0.4, -0.2) is 30.6 Å². The molecule has 104 valence electrons. The molecular formula is C13H18N2O4. The Morgan fingerprint density at radius 2 is 2.05 bits per heavy atom. The molecule has 0 unspecified atom stereocenters. The predicted molar refractivity (Wildman–Crippen MR) is 72.2 cm³/mol. The number of hydrogen-bond acceptors (Lipinski definition) is 5. The van der Waals surface area contributed by atoms with Crippen LogP contribution in [0, 0.1) is 10.1 Å². The van der Waals surface area contributed by atoms with Crippen molar-refractivity contribution in [1.29, 1.82) is 0 Å². The first-order chi connectivity index (χ1) is 9.10. The number of ether oxygens (including phenoxy) is 1. The first-order valence-electron chi connectivity index (χ1n) is 6.24. The van der Waals surface area contributed by atoms with Gasteiger partial charge in [0.1, 0.15) is 12.2 Å². The van der Waals surface area contributed by atoms with Gasteiger partial charge in [-0.3, -0.25) is 14.9 Å². The Labute approximate surface area is 112 Å². The maximum Gasteiger partial charge on any atom is 0.325 e. The summed E-state index contributed by atoms with van der Waals surface area (Å²) in [7, 11) is 0. The highest BCUT2D eigenvalue weighted by molar-refractivity contribution is 5.77. The van der Waals surface area contributed by atoms with E-state index in [2.05, 4.69) is 0 Å². The molecule has 1 rings (SSSR count). The van der Waals surface area contributed by atoms with Gasteiger partial charge in [-0.15, -0.1) is 0 Å². The van der Waals surface area contributed by atoms with Gasteiger partial charge < -0.3 is 9.64 Å². The lowest BCUT2D eigenvalue weighted by atomic mass is 10.2. The van der Waals surface area contributed by atoms with Gasteiger partial charge in [0.15, 0.2) is 0 Å². The monoisotopic (exact) mass is 266 g/mol. The lowest BCUT2D eigenvalue weighted by Gasteiger charge is -2.22. The van der Waals surface area contributed by atoms with Gasteiger partial charge in [0.05, 0.1) is 11.5 Å². The van der Waals surface area contributed by atoms with Gasteiger partial charge in [0.25, 0.3) is 5.69 Å². The highest BCUT2D eigenvalue weighted by atomic mass is 16.6. The molecule has 6 heteroatoms. The Morgan fingerprint density at radius 1 is 1.37 bits per heavy atom. The molecule has 0 radical (unpaired) electrons. The summed E-state index contributed by atoms with van der Waals surface area (Å²) in [6.45, 7) is 4.56. The van der Waals surface area contributed by atoms with E-state index in [-0.39, 0.29) is 18.2 Å². The third kappa shape index (κ3) is 4.24. The predicted octanol–water partition coefficient (Wildman–Crippen LogP) is 2.37. The number of benzene rings is 1. The molecule has 0 saturated carbocycles. The fraction of sp³-hybridized carbons (Fsp3) is 0.462. The standard InChI is InChI=1S/C13H18N2O4/c1-3-9-14(10-13(16)19-4-2)11-7-5-6-8-12(11)15(17)18/h5-8H,3-4,9-10H2,1-2H3. The minimum absolute atomic E-state index is 0.000230. The summed E-state index contributed by atoms with van der Waals surface area (Å²) in [6, 6.07) is 6.41. The van der Waals surface area contributed by atoms with Crippen LogP contribution in [-0.2, 0) is 9.53 Å². The van der Waals surface area contributed by atoms with E-state index in [1.54, 1.807) is 30.0 Å². The van der Waals surface area contributed by atoms with E-state index in [9.17, 15) is 14.9 Å². The number of hydrogen-bond donors (Lipinski definition) is 0. The van der Waals surface area contributed by atoms with Crippen molar-refractivity contribution >= 4 is 17.3 Å². The van der Waals surface area contributed by atoms with Gasteiger partial charge in [-0.25, -0.2) is 0 Å². The van der Waals surface area contributed by atoms with Crippen molar-refractivity contribution < 1.29 is 14.5 Å². The number of carbonyl (C=O) groups excluding carboxylic acids is 1. The second kappa shape index (κ2) is 7.35. The van der Waals surface area contributed by atoms with Crippen LogP contribution in [0.3, 0.4) is 0 Å². The molecule has 0 spiro atoms. The quantitative estimate of drug-likeness (QED) is 0.430. The molecule has 1 aromatic rings. The maximum atomic E-state index is 11.5. The van der Waals surface area contributed by atoms with Gasteiger partial charge >= 0.3 is 5.97 Å². The van der Waals surface area contributed by atoms with Gasteiger partial charge in [-0.05, 0) is 19.4 Å². The number of para-hydroxylation sites is 2. The van der Waals surface area contributed by atoms with E-state index in [1.165, 1.54) is 6.07 Å². The lowest BCUT2D eigenvalue weighted by Crippen LogP contribution is -2.32. The van der Waals surface area contributed by atoms with E-state index >= 15 is 0 Å². The van der Waals surface area contributed by atoms with Crippen molar-refractivity contribution in [3.05, 3.63) is 34.4 Å². The zero-order chi connectivity index (χ0) is 14.3. The average Bonchev–Trinajstić information content (AvgIpc) is 2.38. The molecule has 6 nitrogen and oxygen atoms in total. The number of anilines is 1. The molecule has 0 atom stereocenters. The molecule has 0 aromatic heterocycles. The van der Waals surface area contributed by atoms with Crippen molar-refractivity contribution in [2.75, 3.05) is 24.6 Å². The molecule has 0 fully saturated rings. The third-order valence-corrected chi connectivity index (χ3v) is 2.54. The highest BCUT2D eigenvalue weighted by Crippen LogP contribution is 2.27. The largest absolute Gasteiger partial charge is 0.465 e. The topological polar surface area (TPSA) is 72.7 Å². The number of nitro benzene ring substituents is 1. The summed E-state index contributed by atoms with van der Waals surface area (Å²) >= 11 is 0. The first-order valence-corrected chi connectivity index (χ1v) is 6.24. The summed E-state index contributed by atoms with van der Waals surface area (Å²) in [5.74, 6) is -0.380. The highest BCUT2D eigenvalue weighted by Gasteiger charge is 2.20. The van der Waals surface area contributed by atoms with Crippen LogP contribution in [0.25, 0.3) is 0 Å². The molecular weight excluding hydrogens is 248 g/mol. The van der Waals surface area contributed by atoms with Gasteiger partial charge in [0.2, 0.25) is 0 Å². The summed E-state index contributed by atoms with van der Waals surface area (Å²) in [6.07, 6.45) is 0.783. The smallest absolute Gasteiger partial charge is 0.325 e. The van der Waals surface area contributed by atoms with E-state index < -0.39 is 4.92 Å². The molecule has 0 N–H and O–H groups in total. The number of rotatable bonds is 7. The van der Waals surface area contributed by atoms with E-state index in [0.29, 0.717) is 18.8 Å². The zero-order valence-electron chi connectivity index (χ0n) is 11.2. The van der Waals surface area contributed by atoms with Crippen LogP contribution < -0.4 is 4.90 Å². The Morgan fingerprint density at radius 3 is 2.63 bits per heavy atom. The van der Waals surface area contributed by atoms with Crippen LogP contribution in [0.5, 0.6) is 0 Å². The van der Waals surface area contributed by atoms with E-state index in [1.807, 2.05) is 6.92 Å². The van der Waals surface area contributed by atoms with Crippen LogP contribution in [0.4, 0.5) is 11.4 Å². The SMILES string of the molecule is CCCN(CC(=O)OCC)c1ccccc1[N+](=O)[O-]. The third-order valence-electron chi connectivity index (χ3n) is 2.54. The second-order valence-corrected chi connectivity index (χ2v) is 3.97. The molecule has 0 aliphatic rings. The van der Waals surface area contributed by atoms with Crippen LogP contribution in [0.2, 0.25) is 0 Å². The molecule has 0 heterocycles. The van der Waals surface area contributed by atoms with Crippen LogP contribution in [0.1, 0.15) is 20.3 Å². The molecule has 1 aromatic carbocycles. The van der Waals surface area contributed by atoms with Gasteiger partial charge in [-0.1, -0.05) is 19.1 Å². The Hall–Kier alpha value is -2.11. The zero-order valence-corrected chi connectivity index (χ0v) is 11.2. The molecule has 19 heavy (non-hydrogen) atoms. The Balaban J connectivity index is 2.98. The molecule has 0 aliphatic carbocycles.